The number of para-hydroxylation sites is 1. The second-order valence-corrected chi connectivity index (χ2v) is 5.63. The summed E-state index contributed by atoms with van der Waals surface area (Å²) >= 11 is 6.02. The second-order valence-electron chi connectivity index (χ2n) is 5.22. The maximum Gasteiger partial charge on any atom is 0.229 e. The van der Waals surface area contributed by atoms with Crippen molar-refractivity contribution in [3.8, 4) is 0 Å². The van der Waals surface area contributed by atoms with Crippen molar-refractivity contribution in [2.24, 2.45) is 5.92 Å². The molecular formula is C16H15ClN2O3. The molecule has 3 rings (SSSR count). The molecule has 0 unspecified atom stereocenters. The van der Waals surface area contributed by atoms with Crippen molar-refractivity contribution >= 4 is 29.1 Å². The van der Waals surface area contributed by atoms with E-state index in [9.17, 15) is 9.59 Å². The normalized spacial score (nSPS) is 17.8. The lowest BCUT2D eigenvalue weighted by molar-refractivity contribution is -0.128. The monoisotopic (exact) mass is 318 g/mol. The van der Waals surface area contributed by atoms with Crippen molar-refractivity contribution in [3.63, 3.8) is 0 Å². The molecule has 1 N–H and O–H groups in total. The van der Waals surface area contributed by atoms with Crippen molar-refractivity contribution < 1.29 is 14.0 Å². The Morgan fingerprint density at radius 2 is 2.14 bits per heavy atom. The third-order valence-corrected chi connectivity index (χ3v) is 3.97. The highest BCUT2D eigenvalue weighted by atomic mass is 35.5. The minimum atomic E-state index is -0.376. The van der Waals surface area contributed by atoms with Gasteiger partial charge in [0.2, 0.25) is 11.8 Å². The molecule has 2 amide bonds. The van der Waals surface area contributed by atoms with Crippen LogP contribution in [0.15, 0.2) is 47.1 Å². The average Bonchev–Trinajstić information content (AvgIpc) is 3.13. The van der Waals surface area contributed by atoms with Crippen molar-refractivity contribution in [1.82, 2.24) is 4.90 Å². The summed E-state index contributed by atoms with van der Waals surface area (Å²) in [7, 11) is 0. The van der Waals surface area contributed by atoms with E-state index in [0.29, 0.717) is 29.6 Å². The van der Waals surface area contributed by atoms with E-state index in [0.717, 1.165) is 0 Å². The smallest absolute Gasteiger partial charge is 0.229 e. The lowest BCUT2D eigenvalue weighted by Gasteiger charge is -2.15. The summed E-state index contributed by atoms with van der Waals surface area (Å²) in [5, 5.41) is 3.26. The number of hydrogen-bond acceptors (Lipinski definition) is 3. The number of carbonyl (C=O) groups is 2. The molecule has 1 saturated heterocycles. The molecule has 2 heterocycles. The van der Waals surface area contributed by atoms with Crippen LogP contribution in [0, 0.1) is 5.92 Å². The van der Waals surface area contributed by atoms with Gasteiger partial charge in [-0.3, -0.25) is 9.59 Å². The van der Waals surface area contributed by atoms with Gasteiger partial charge in [-0.05, 0) is 24.3 Å². The standard InChI is InChI=1S/C16H15ClN2O3/c17-13-5-1-2-6-14(13)18-16(21)11-8-15(20)19(9-11)10-12-4-3-7-22-12/h1-7,11H,8-10H2,(H,18,21)/t11-/m1/s1. The zero-order chi connectivity index (χ0) is 15.5. The van der Waals surface area contributed by atoms with Gasteiger partial charge < -0.3 is 14.6 Å². The molecule has 0 bridgehead atoms. The van der Waals surface area contributed by atoms with Crippen LogP contribution in [0.1, 0.15) is 12.2 Å². The predicted octanol–water partition coefficient (Wildman–Crippen LogP) is 2.92. The van der Waals surface area contributed by atoms with Crippen LogP contribution in [0.3, 0.4) is 0 Å². The Morgan fingerprint density at radius 3 is 2.86 bits per heavy atom. The first-order valence-electron chi connectivity index (χ1n) is 6.99. The van der Waals surface area contributed by atoms with Gasteiger partial charge in [0.1, 0.15) is 5.76 Å². The number of benzene rings is 1. The molecule has 0 spiro atoms. The minimum Gasteiger partial charge on any atom is -0.467 e. The highest BCUT2D eigenvalue weighted by Crippen LogP contribution is 2.25. The fourth-order valence-electron chi connectivity index (χ4n) is 2.49. The zero-order valence-corrected chi connectivity index (χ0v) is 12.5. The van der Waals surface area contributed by atoms with E-state index in [2.05, 4.69) is 5.32 Å². The van der Waals surface area contributed by atoms with Crippen molar-refractivity contribution in [2.75, 3.05) is 11.9 Å². The fraction of sp³-hybridized carbons (Fsp3) is 0.250. The van der Waals surface area contributed by atoms with Crippen molar-refractivity contribution in [2.45, 2.75) is 13.0 Å². The maximum absolute atomic E-state index is 12.3. The molecule has 1 atom stereocenters. The summed E-state index contributed by atoms with van der Waals surface area (Å²) < 4.78 is 5.24. The number of carbonyl (C=O) groups excluding carboxylic acids is 2. The van der Waals surface area contributed by atoms with E-state index in [4.69, 9.17) is 16.0 Å². The van der Waals surface area contributed by atoms with Gasteiger partial charge in [-0.1, -0.05) is 23.7 Å². The van der Waals surface area contributed by atoms with Crippen LogP contribution >= 0.6 is 11.6 Å². The number of hydrogen-bond donors (Lipinski definition) is 1. The number of nitrogens with zero attached hydrogens (tertiary/aromatic N) is 1. The first kappa shape index (κ1) is 14.7. The summed E-state index contributed by atoms with van der Waals surface area (Å²) in [4.78, 5) is 25.9. The summed E-state index contributed by atoms with van der Waals surface area (Å²) in [6.07, 6.45) is 1.77. The molecule has 0 aliphatic carbocycles. The summed E-state index contributed by atoms with van der Waals surface area (Å²) in [5.74, 6) is 0.0957. The molecule has 2 aromatic rings. The van der Waals surface area contributed by atoms with Crippen LogP contribution in [-0.4, -0.2) is 23.3 Å². The molecule has 5 nitrogen and oxygen atoms in total. The Hall–Kier alpha value is -2.27. The molecule has 0 saturated carbocycles. The van der Waals surface area contributed by atoms with Gasteiger partial charge in [0, 0.05) is 13.0 Å². The number of halogens is 1. The quantitative estimate of drug-likeness (QED) is 0.942. The molecule has 1 aromatic carbocycles. The van der Waals surface area contributed by atoms with Crippen LogP contribution < -0.4 is 5.32 Å². The third-order valence-electron chi connectivity index (χ3n) is 3.64. The lowest BCUT2D eigenvalue weighted by Crippen LogP contribution is -2.27. The van der Waals surface area contributed by atoms with Crippen LogP contribution in [0.2, 0.25) is 5.02 Å². The van der Waals surface area contributed by atoms with E-state index in [1.807, 2.05) is 6.07 Å². The molecule has 22 heavy (non-hydrogen) atoms. The Bertz CT molecular complexity index is 684. The van der Waals surface area contributed by atoms with Gasteiger partial charge in [0.15, 0.2) is 0 Å². The highest BCUT2D eigenvalue weighted by molar-refractivity contribution is 6.33. The van der Waals surface area contributed by atoms with Gasteiger partial charge in [-0.2, -0.15) is 0 Å². The van der Waals surface area contributed by atoms with E-state index in [1.165, 1.54) is 0 Å². The van der Waals surface area contributed by atoms with Gasteiger partial charge in [-0.15, -0.1) is 0 Å². The van der Waals surface area contributed by atoms with Crippen LogP contribution in [-0.2, 0) is 16.1 Å². The predicted molar refractivity (Wildman–Crippen MR) is 82.3 cm³/mol. The van der Waals surface area contributed by atoms with Crippen LogP contribution in [0.5, 0.6) is 0 Å². The average molecular weight is 319 g/mol. The number of anilines is 1. The first-order valence-corrected chi connectivity index (χ1v) is 7.37. The number of nitrogens with one attached hydrogen (secondary N) is 1. The summed E-state index contributed by atoms with van der Waals surface area (Å²) in [6.45, 7) is 0.775. The summed E-state index contributed by atoms with van der Waals surface area (Å²) in [6, 6.07) is 10.6. The third kappa shape index (κ3) is 3.14. The lowest BCUT2D eigenvalue weighted by atomic mass is 10.1. The van der Waals surface area contributed by atoms with Crippen molar-refractivity contribution in [1.29, 1.82) is 0 Å². The topological polar surface area (TPSA) is 62.6 Å². The SMILES string of the molecule is O=C(Nc1ccccc1Cl)[C@@H]1CC(=O)N(Cc2ccco2)C1. The van der Waals surface area contributed by atoms with Gasteiger partial charge in [-0.25, -0.2) is 0 Å². The number of rotatable bonds is 4. The number of furan rings is 1. The summed E-state index contributed by atoms with van der Waals surface area (Å²) in [5.41, 5.74) is 0.561. The van der Waals surface area contributed by atoms with E-state index < -0.39 is 0 Å². The zero-order valence-electron chi connectivity index (χ0n) is 11.8. The first-order chi connectivity index (χ1) is 10.6. The van der Waals surface area contributed by atoms with Crippen LogP contribution in [0.4, 0.5) is 5.69 Å². The second kappa shape index (κ2) is 6.23. The molecular weight excluding hydrogens is 304 g/mol. The fourth-order valence-corrected chi connectivity index (χ4v) is 2.67. The Balaban J connectivity index is 1.62. The van der Waals surface area contributed by atoms with E-state index in [1.54, 1.807) is 41.5 Å². The maximum atomic E-state index is 12.3. The largest absolute Gasteiger partial charge is 0.467 e. The minimum absolute atomic E-state index is 0.0456. The van der Waals surface area contributed by atoms with Crippen molar-refractivity contribution in [3.05, 3.63) is 53.4 Å². The van der Waals surface area contributed by atoms with Gasteiger partial charge in [0.05, 0.1) is 29.4 Å². The molecule has 114 valence electrons. The molecule has 6 heteroatoms. The Kier molecular flexibility index (Phi) is 4.15. The molecule has 1 fully saturated rings. The highest BCUT2D eigenvalue weighted by Gasteiger charge is 2.34. The Labute approximate surface area is 132 Å². The molecule has 1 aliphatic rings. The Morgan fingerprint density at radius 1 is 1.32 bits per heavy atom. The number of amides is 2. The van der Waals surface area contributed by atoms with E-state index >= 15 is 0 Å². The molecule has 1 aromatic heterocycles. The molecule has 0 radical (unpaired) electrons. The van der Waals surface area contributed by atoms with Gasteiger partial charge in [0.25, 0.3) is 0 Å². The molecule has 1 aliphatic heterocycles. The number of likely N-dealkylation sites (tertiary alicyclic amines) is 1. The van der Waals surface area contributed by atoms with Gasteiger partial charge >= 0.3 is 0 Å². The van der Waals surface area contributed by atoms with Crippen LogP contribution in [0.25, 0.3) is 0 Å². The van der Waals surface area contributed by atoms with E-state index in [-0.39, 0.29) is 24.2 Å².